The zero-order valence-electron chi connectivity index (χ0n) is 18.4. The van der Waals surface area contributed by atoms with E-state index in [0.717, 1.165) is 4.90 Å². The van der Waals surface area contributed by atoms with Crippen molar-refractivity contribution in [1.82, 2.24) is 0 Å². The largest absolute Gasteiger partial charge is 0.465 e. The summed E-state index contributed by atoms with van der Waals surface area (Å²) in [6, 6.07) is 16.4. The molecule has 0 aromatic heterocycles. The van der Waals surface area contributed by atoms with Crippen LogP contribution in [0.3, 0.4) is 0 Å². The van der Waals surface area contributed by atoms with Crippen LogP contribution >= 0.6 is 34.8 Å². The van der Waals surface area contributed by atoms with Crippen LogP contribution in [-0.4, -0.2) is 30.9 Å². The molecule has 0 radical (unpaired) electrons. The third kappa shape index (κ3) is 4.92. The molecule has 3 aromatic rings. The number of methoxy groups -OCH3 is 1. The van der Waals surface area contributed by atoms with E-state index in [1.807, 2.05) is 0 Å². The van der Waals surface area contributed by atoms with E-state index in [1.54, 1.807) is 6.07 Å². The number of nitrogens with zero attached hydrogens (tertiary/aromatic N) is 1. The van der Waals surface area contributed by atoms with E-state index in [-0.39, 0.29) is 37.8 Å². The number of carbonyl (C=O) groups excluding carboxylic acids is 4. The van der Waals surface area contributed by atoms with Crippen molar-refractivity contribution in [2.45, 2.75) is 0 Å². The van der Waals surface area contributed by atoms with E-state index in [2.05, 4.69) is 10.1 Å². The second-order valence-electron chi connectivity index (χ2n) is 7.32. The van der Waals surface area contributed by atoms with Crippen LogP contribution in [0.25, 0.3) is 0 Å². The quantitative estimate of drug-likeness (QED) is 0.250. The Hall–Kier alpha value is -3.85. The van der Waals surface area contributed by atoms with Gasteiger partial charge in [-0.1, -0.05) is 40.9 Å². The Morgan fingerprint density at radius 3 is 2.06 bits per heavy atom. The van der Waals surface area contributed by atoms with E-state index in [0.29, 0.717) is 11.3 Å². The van der Waals surface area contributed by atoms with Crippen LogP contribution in [0.5, 0.6) is 5.75 Å². The van der Waals surface area contributed by atoms with E-state index in [9.17, 15) is 19.2 Å². The van der Waals surface area contributed by atoms with Gasteiger partial charge in [-0.3, -0.25) is 9.59 Å². The van der Waals surface area contributed by atoms with Crippen LogP contribution in [0.2, 0.25) is 10.0 Å². The van der Waals surface area contributed by atoms with Crippen LogP contribution in [0.4, 0.5) is 11.4 Å². The highest BCUT2D eigenvalue weighted by molar-refractivity contribution is 6.54. The third-order valence-electron chi connectivity index (χ3n) is 5.08. The molecule has 4 rings (SSSR count). The Bertz CT molecular complexity index is 1420. The highest BCUT2D eigenvalue weighted by atomic mass is 35.5. The lowest BCUT2D eigenvalue weighted by Crippen LogP contribution is -2.32. The van der Waals surface area contributed by atoms with Gasteiger partial charge in [-0.25, -0.2) is 14.5 Å². The zero-order chi connectivity index (χ0) is 26.0. The first-order valence-corrected chi connectivity index (χ1v) is 11.3. The molecule has 8 nitrogen and oxygen atoms in total. The molecule has 182 valence electrons. The van der Waals surface area contributed by atoms with E-state index in [1.165, 1.54) is 67.8 Å². The molecule has 0 fully saturated rings. The molecule has 1 heterocycles. The fraction of sp³-hybridized carbons (Fsp3) is 0.0400. The maximum absolute atomic E-state index is 13.0. The molecule has 0 bridgehead atoms. The number of ether oxygens (including phenoxy) is 2. The van der Waals surface area contributed by atoms with Gasteiger partial charge in [0.1, 0.15) is 16.5 Å². The summed E-state index contributed by atoms with van der Waals surface area (Å²) >= 11 is 18.3. The van der Waals surface area contributed by atoms with Crippen molar-refractivity contribution in [2.75, 3.05) is 17.3 Å². The van der Waals surface area contributed by atoms with Crippen LogP contribution in [0.1, 0.15) is 20.7 Å². The van der Waals surface area contributed by atoms with Gasteiger partial charge in [-0.2, -0.15) is 0 Å². The highest BCUT2D eigenvalue weighted by Crippen LogP contribution is 2.37. The second kappa shape index (κ2) is 10.4. The Morgan fingerprint density at radius 1 is 0.806 bits per heavy atom. The number of anilines is 2. The monoisotopic (exact) mass is 544 g/mol. The van der Waals surface area contributed by atoms with Gasteiger partial charge < -0.3 is 14.8 Å². The van der Waals surface area contributed by atoms with Gasteiger partial charge in [0, 0.05) is 5.69 Å². The fourth-order valence-electron chi connectivity index (χ4n) is 3.27. The Balaban J connectivity index is 1.46. The molecular formula is C25H15Cl3N2O6. The Morgan fingerprint density at radius 2 is 1.42 bits per heavy atom. The number of rotatable bonds is 6. The number of imide groups is 1. The van der Waals surface area contributed by atoms with Gasteiger partial charge >= 0.3 is 11.9 Å². The summed E-state index contributed by atoms with van der Waals surface area (Å²) < 4.78 is 9.93. The number of carbonyl (C=O) groups is 4. The molecule has 0 atom stereocenters. The molecular weight excluding hydrogens is 531 g/mol. The lowest BCUT2D eigenvalue weighted by atomic mass is 10.2. The van der Waals surface area contributed by atoms with Crippen LogP contribution < -0.4 is 15.0 Å². The lowest BCUT2D eigenvalue weighted by molar-refractivity contribution is -0.120. The van der Waals surface area contributed by atoms with Gasteiger partial charge in [-0.05, 0) is 60.7 Å². The van der Waals surface area contributed by atoms with E-state index < -0.39 is 23.8 Å². The molecule has 0 unspecified atom stereocenters. The molecule has 1 aliphatic heterocycles. The number of benzene rings is 3. The minimum atomic E-state index is -0.758. The zero-order valence-corrected chi connectivity index (χ0v) is 20.6. The normalized spacial score (nSPS) is 13.2. The minimum Gasteiger partial charge on any atom is -0.465 e. The fourth-order valence-corrected chi connectivity index (χ4v) is 3.86. The van der Waals surface area contributed by atoms with Crippen LogP contribution in [0, 0.1) is 0 Å². The Labute approximate surface area is 219 Å². The van der Waals surface area contributed by atoms with Crippen LogP contribution in [0.15, 0.2) is 77.5 Å². The van der Waals surface area contributed by atoms with Gasteiger partial charge in [0.25, 0.3) is 11.8 Å². The van der Waals surface area contributed by atoms with Gasteiger partial charge in [0.05, 0.1) is 34.0 Å². The van der Waals surface area contributed by atoms with E-state index in [4.69, 9.17) is 39.5 Å². The molecule has 0 saturated heterocycles. The molecule has 36 heavy (non-hydrogen) atoms. The maximum Gasteiger partial charge on any atom is 0.343 e. The highest BCUT2D eigenvalue weighted by Gasteiger charge is 2.40. The summed E-state index contributed by atoms with van der Waals surface area (Å²) in [6.07, 6.45) is 0. The summed E-state index contributed by atoms with van der Waals surface area (Å²) in [6.45, 7) is 0. The molecule has 0 aliphatic carbocycles. The molecule has 1 N–H and O–H groups in total. The molecule has 0 spiro atoms. The van der Waals surface area contributed by atoms with Crippen LogP contribution in [-0.2, 0) is 14.3 Å². The molecule has 11 heteroatoms. The van der Waals surface area contributed by atoms with Crippen molar-refractivity contribution in [2.24, 2.45) is 0 Å². The van der Waals surface area contributed by atoms with Gasteiger partial charge in [-0.15, -0.1) is 0 Å². The van der Waals surface area contributed by atoms with Crippen molar-refractivity contribution in [3.63, 3.8) is 0 Å². The number of hydrogen-bond acceptors (Lipinski definition) is 7. The minimum absolute atomic E-state index is 0.0365. The summed E-state index contributed by atoms with van der Waals surface area (Å²) in [4.78, 5) is 50.4. The molecule has 1 aliphatic rings. The van der Waals surface area contributed by atoms with E-state index >= 15 is 0 Å². The number of hydrogen-bond donors (Lipinski definition) is 1. The molecule has 2 amide bonds. The maximum atomic E-state index is 13.0. The first-order chi connectivity index (χ1) is 17.2. The average molecular weight is 546 g/mol. The standard InChI is InChI=1S/C25H15Cl3N2O6/c1-35-24(33)13-7-11-16(12-8-13)36-25(34)14-5-9-15(10-6-14)29-21-20(28)22(31)30(23(21)32)18-4-2-3-17(26)19(18)27/h2-12,29H,1H3. The lowest BCUT2D eigenvalue weighted by Gasteiger charge is -2.17. The van der Waals surface area contributed by atoms with Crippen molar-refractivity contribution in [3.8, 4) is 5.75 Å². The van der Waals surface area contributed by atoms with Crippen molar-refractivity contribution in [3.05, 3.63) is 98.6 Å². The number of halogens is 3. The average Bonchev–Trinajstić information content (AvgIpc) is 3.09. The third-order valence-corrected chi connectivity index (χ3v) is 6.23. The smallest absolute Gasteiger partial charge is 0.343 e. The predicted octanol–water partition coefficient (Wildman–Crippen LogP) is 5.43. The number of amides is 2. The summed E-state index contributed by atoms with van der Waals surface area (Å²) in [7, 11) is 1.27. The first kappa shape index (κ1) is 25.2. The Kier molecular flexibility index (Phi) is 7.30. The summed E-state index contributed by atoms with van der Waals surface area (Å²) in [5.41, 5.74) is 0.878. The van der Waals surface area contributed by atoms with Crippen molar-refractivity contribution >= 4 is 69.9 Å². The SMILES string of the molecule is COC(=O)c1ccc(OC(=O)c2ccc(NC3=C(Cl)C(=O)N(c4cccc(Cl)c4Cl)C3=O)cc2)cc1. The first-order valence-electron chi connectivity index (χ1n) is 10.2. The number of nitrogens with one attached hydrogen (secondary N) is 1. The molecule has 3 aromatic carbocycles. The predicted molar refractivity (Wildman–Crippen MR) is 135 cm³/mol. The summed E-state index contributed by atoms with van der Waals surface area (Å²) in [5, 5.41) is 2.69. The van der Waals surface area contributed by atoms with Crippen molar-refractivity contribution < 1.29 is 28.7 Å². The summed E-state index contributed by atoms with van der Waals surface area (Å²) in [5.74, 6) is -2.38. The van der Waals surface area contributed by atoms with Crippen molar-refractivity contribution in [1.29, 1.82) is 0 Å². The molecule has 0 saturated carbocycles. The van der Waals surface area contributed by atoms with Gasteiger partial charge in [0.2, 0.25) is 0 Å². The van der Waals surface area contributed by atoms with Gasteiger partial charge in [0.15, 0.2) is 0 Å². The number of esters is 2. The topological polar surface area (TPSA) is 102 Å². The second-order valence-corrected chi connectivity index (χ2v) is 8.48.